The topological polar surface area (TPSA) is 65.9 Å². The van der Waals surface area contributed by atoms with Gasteiger partial charge in [0.15, 0.2) is 5.13 Å². The van der Waals surface area contributed by atoms with Crippen LogP contribution < -0.4 is 9.64 Å². The van der Waals surface area contributed by atoms with Gasteiger partial charge in [-0.3, -0.25) is 9.69 Å². The Kier molecular flexibility index (Phi) is 5.92. The predicted octanol–water partition coefficient (Wildman–Crippen LogP) is 4.03. The third-order valence-electron chi connectivity index (χ3n) is 5.67. The van der Waals surface area contributed by atoms with Gasteiger partial charge in [0.2, 0.25) is 0 Å². The molecule has 1 aliphatic heterocycles. The molecule has 4 rings (SSSR count). The van der Waals surface area contributed by atoms with Crippen LogP contribution in [0, 0.1) is 0 Å². The highest BCUT2D eigenvalue weighted by Gasteiger charge is 2.31. The van der Waals surface area contributed by atoms with Gasteiger partial charge in [0.05, 0.1) is 23.7 Å². The summed E-state index contributed by atoms with van der Waals surface area (Å²) >= 11 is 1.71. The quantitative estimate of drug-likeness (QED) is 0.643. The van der Waals surface area contributed by atoms with Crippen molar-refractivity contribution in [2.24, 2.45) is 0 Å². The lowest BCUT2D eigenvalue weighted by Gasteiger charge is -2.44. The lowest BCUT2D eigenvalue weighted by molar-refractivity contribution is -0.136. The van der Waals surface area contributed by atoms with Gasteiger partial charge in [-0.05, 0) is 43.2 Å². The molecule has 7 heteroatoms. The minimum Gasteiger partial charge on any atom is -0.497 e. The summed E-state index contributed by atoms with van der Waals surface area (Å²) in [6.45, 7) is 7.15. The second-order valence-corrected chi connectivity index (χ2v) is 9.01. The molecule has 0 bridgehead atoms. The Morgan fingerprint density at radius 1 is 1.17 bits per heavy atom. The second-order valence-electron chi connectivity index (χ2n) is 8.00. The van der Waals surface area contributed by atoms with E-state index in [0.29, 0.717) is 12.1 Å². The normalized spacial score (nSPS) is 19.9. The lowest BCUT2D eigenvalue weighted by Crippen LogP contribution is -2.56. The first-order chi connectivity index (χ1) is 14.4. The number of piperazine rings is 1. The number of carbonyl (C=O) groups is 1. The number of hydrogen-bond donors (Lipinski definition) is 1. The fourth-order valence-corrected chi connectivity index (χ4v) is 5.22. The first kappa shape index (κ1) is 20.6. The van der Waals surface area contributed by atoms with Crippen LogP contribution in [0.15, 0.2) is 42.5 Å². The van der Waals surface area contributed by atoms with Crippen LogP contribution in [0.25, 0.3) is 10.2 Å². The summed E-state index contributed by atoms with van der Waals surface area (Å²) in [5.41, 5.74) is 3.02. The molecular formula is C23H27N3O3S. The van der Waals surface area contributed by atoms with Gasteiger partial charge >= 0.3 is 5.97 Å². The van der Waals surface area contributed by atoms with E-state index in [0.717, 1.165) is 51.9 Å². The molecule has 1 aromatic heterocycles. The molecule has 1 saturated heterocycles. The molecule has 0 unspecified atom stereocenters. The number of thiazole rings is 1. The lowest BCUT2D eigenvalue weighted by atomic mass is 10.0. The van der Waals surface area contributed by atoms with Crippen molar-refractivity contribution in [1.29, 1.82) is 0 Å². The van der Waals surface area contributed by atoms with E-state index in [9.17, 15) is 4.79 Å². The third kappa shape index (κ3) is 4.42. The molecule has 1 N–H and O–H groups in total. The molecule has 3 aromatic rings. The van der Waals surface area contributed by atoms with Gasteiger partial charge < -0.3 is 14.7 Å². The number of anilines is 1. The minimum absolute atomic E-state index is 0.0646. The van der Waals surface area contributed by atoms with E-state index in [1.54, 1.807) is 18.4 Å². The van der Waals surface area contributed by atoms with Crippen molar-refractivity contribution >= 4 is 32.7 Å². The van der Waals surface area contributed by atoms with Crippen molar-refractivity contribution in [1.82, 2.24) is 9.88 Å². The maximum Gasteiger partial charge on any atom is 0.307 e. The number of fused-ring (bicyclic) bond motifs is 1. The van der Waals surface area contributed by atoms with Gasteiger partial charge in [0.25, 0.3) is 0 Å². The minimum atomic E-state index is -0.795. The van der Waals surface area contributed by atoms with E-state index in [1.807, 2.05) is 36.4 Å². The number of benzene rings is 2. The Morgan fingerprint density at radius 3 is 2.60 bits per heavy atom. The zero-order valence-corrected chi connectivity index (χ0v) is 18.4. The molecule has 0 radical (unpaired) electrons. The van der Waals surface area contributed by atoms with E-state index in [4.69, 9.17) is 14.8 Å². The number of carboxylic acids is 1. The number of aliphatic carboxylic acids is 1. The average Bonchev–Trinajstić information content (AvgIpc) is 3.13. The zero-order chi connectivity index (χ0) is 21.3. The molecule has 2 heterocycles. The molecule has 2 atom stereocenters. The molecule has 1 fully saturated rings. The van der Waals surface area contributed by atoms with Crippen LogP contribution in [0.2, 0.25) is 0 Å². The summed E-state index contributed by atoms with van der Waals surface area (Å²) < 4.78 is 6.48. The zero-order valence-electron chi connectivity index (χ0n) is 17.5. The van der Waals surface area contributed by atoms with Gasteiger partial charge in [-0.1, -0.05) is 35.6 Å². The number of aromatic nitrogens is 1. The molecule has 30 heavy (non-hydrogen) atoms. The highest BCUT2D eigenvalue weighted by molar-refractivity contribution is 7.22. The molecule has 2 aromatic carbocycles. The summed E-state index contributed by atoms with van der Waals surface area (Å²) in [5.74, 6) is 0.0605. The van der Waals surface area contributed by atoms with E-state index in [1.165, 1.54) is 0 Å². The average molecular weight is 426 g/mol. The number of rotatable bonds is 6. The Bertz CT molecular complexity index is 1040. The van der Waals surface area contributed by atoms with E-state index in [2.05, 4.69) is 29.7 Å². The third-order valence-corrected chi connectivity index (χ3v) is 6.75. The van der Waals surface area contributed by atoms with Crippen LogP contribution in [0.3, 0.4) is 0 Å². The van der Waals surface area contributed by atoms with Crippen molar-refractivity contribution in [3.8, 4) is 5.75 Å². The predicted molar refractivity (Wildman–Crippen MR) is 121 cm³/mol. The van der Waals surface area contributed by atoms with Gasteiger partial charge in [-0.15, -0.1) is 0 Å². The van der Waals surface area contributed by atoms with Crippen molar-refractivity contribution in [3.63, 3.8) is 0 Å². The first-order valence-electron chi connectivity index (χ1n) is 10.2. The largest absolute Gasteiger partial charge is 0.497 e. The van der Waals surface area contributed by atoms with Crippen molar-refractivity contribution in [2.75, 3.05) is 25.1 Å². The van der Waals surface area contributed by atoms with Crippen LogP contribution in [0.4, 0.5) is 5.13 Å². The van der Waals surface area contributed by atoms with Crippen LogP contribution in [-0.2, 0) is 17.8 Å². The van der Waals surface area contributed by atoms with Crippen molar-refractivity contribution < 1.29 is 14.6 Å². The number of hydrogen-bond acceptors (Lipinski definition) is 6. The monoisotopic (exact) mass is 425 g/mol. The maximum absolute atomic E-state index is 11.0. The van der Waals surface area contributed by atoms with Crippen molar-refractivity contribution in [3.05, 3.63) is 53.6 Å². The fraction of sp³-hybridized carbons (Fsp3) is 0.391. The van der Waals surface area contributed by atoms with Crippen molar-refractivity contribution in [2.45, 2.75) is 38.9 Å². The number of methoxy groups -OCH3 is 1. The molecule has 0 saturated carbocycles. The Labute approximate surface area is 180 Å². The van der Waals surface area contributed by atoms with E-state index >= 15 is 0 Å². The molecule has 0 spiro atoms. The molecular weight excluding hydrogens is 398 g/mol. The highest BCUT2D eigenvalue weighted by Crippen LogP contribution is 2.33. The smallest absolute Gasteiger partial charge is 0.307 e. The van der Waals surface area contributed by atoms with Crippen LogP contribution in [0.1, 0.15) is 25.0 Å². The van der Waals surface area contributed by atoms with Gasteiger partial charge in [-0.2, -0.15) is 0 Å². The first-order valence-corrected chi connectivity index (χ1v) is 11.0. The molecule has 158 valence electrons. The summed E-state index contributed by atoms with van der Waals surface area (Å²) in [4.78, 5) is 20.7. The second kappa shape index (κ2) is 8.62. The summed E-state index contributed by atoms with van der Waals surface area (Å²) in [7, 11) is 1.68. The standard InChI is InChI=1S/C23H27N3O3S/c1-15-12-25(23-24-20-8-7-19(29-3)11-21(20)30-23)13-16(2)26(15)14-18-6-4-5-17(9-18)10-22(27)28/h4-9,11,15-16H,10,12-14H2,1-3H3,(H,27,28)/t15-,16+. The summed E-state index contributed by atoms with van der Waals surface area (Å²) in [6.07, 6.45) is 0.0646. The van der Waals surface area contributed by atoms with Gasteiger partial charge in [-0.25, -0.2) is 4.98 Å². The maximum atomic E-state index is 11.0. The van der Waals surface area contributed by atoms with Gasteiger partial charge in [0, 0.05) is 31.7 Å². The number of carboxylic acid groups (broad SMARTS) is 1. The molecule has 1 aliphatic rings. The van der Waals surface area contributed by atoms with Crippen LogP contribution >= 0.6 is 11.3 Å². The fourth-order valence-electron chi connectivity index (χ4n) is 4.20. The summed E-state index contributed by atoms with van der Waals surface area (Å²) in [5, 5.41) is 10.1. The highest BCUT2D eigenvalue weighted by atomic mass is 32.1. The van der Waals surface area contributed by atoms with Crippen LogP contribution in [-0.4, -0.2) is 53.2 Å². The summed E-state index contributed by atoms with van der Waals surface area (Å²) in [6, 6.07) is 14.7. The molecule has 0 amide bonds. The van der Waals surface area contributed by atoms with Gasteiger partial charge in [0.1, 0.15) is 5.75 Å². The number of ether oxygens (including phenoxy) is 1. The SMILES string of the molecule is COc1ccc2nc(N3C[C@@H](C)N(Cc4cccc(CC(=O)O)c4)[C@@H](C)C3)sc2c1. The molecule has 6 nitrogen and oxygen atoms in total. The van der Waals surface area contributed by atoms with E-state index < -0.39 is 5.97 Å². The Balaban J connectivity index is 1.47. The molecule has 0 aliphatic carbocycles. The Morgan fingerprint density at radius 2 is 1.90 bits per heavy atom. The van der Waals surface area contributed by atoms with E-state index in [-0.39, 0.29) is 6.42 Å². The number of nitrogens with zero attached hydrogens (tertiary/aromatic N) is 3. The van der Waals surface area contributed by atoms with Crippen LogP contribution in [0.5, 0.6) is 5.75 Å². The Hall–Kier alpha value is -2.64.